The molecule has 0 atom stereocenters. The van der Waals surface area contributed by atoms with Gasteiger partial charge in [-0.05, 0) is 81.6 Å². The third-order valence-corrected chi connectivity index (χ3v) is 6.87. The Bertz CT molecular complexity index is 1020. The second-order valence-corrected chi connectivity index (χ2v) is 9.95. The van der Waals surface area contributed by atoms with E-state index in [0.29, 0.717) is 6.04 Å². The Morgan fingerprint density at radius 2 is 1.66 bits per heavy atom. The summed E-state index contributed by atoms with van der Waals surface area (Å²) in [5, 5.41) is 8.40. The van der Waals surface area contributed by atoms with E-state index in [4.69, 9.17) is 14.7 Å². The fourth-order valence-electron chi connectivity index (χ4n) is 4.86. The molecular formula is C29H41N5O. The highest BCUT2D eigenvalue weighted by Gasteiger charge is 2.22. The van der Waals surface area contributed by atoms with Crippen LogP contribution in [0.4, 0.5) is 11.8 Å². The van der Waals surface area contributed by atoms with Gasteiger partial charge in [0.2, 0.25) is 5.95 Å². The predicted molar refractivity (Wildman–Crippen MR) is 146 cm³/mol. The molecule has 1 heterocycles. The number of para-hydroxylation sites is 1. The highest BCUT2D eigenvalue weighted by molar-refractivity contribution is 5.90. The van der Waals surface area contributed by atoms with Gasteiger partial charge in [-0.1, -0.05) is 42.5 Å². The number of unbranched alkanes of at least 4 members (excludes halogenated alkanes) is 2. The summed E-state index contributed by atoms with van der Waals surface area (Å²) in [6.07, 6.45) is 8.45. The Morgan fingerprint density at radius 1 is 0.886 bits per heavy atom. The highest BCUT2D eigenvalue weighted by atomic mass is 16.5. The van der Waals surface area contributed by atoms with Crippen LogP contribution >= 0.6 is 0 Å². The van der Waals surface area contributed by atoms with Gasteiger partial charge in [0, 0.05) is 32.1 Å². The van der Waals surface area contributed by atoms with Crippen LogP contribution in [0.15, 0.2) is 54.6 Å². The summed E-state index contributed by atoms with van der Waals surface area (Å²) < 4.78 is 5.78. The second kappa shape index (κ2) is 13.4. The van der Waals surface area contributed by atoms with Gasteiger partial charge in [-0.15, -0.1) is 0 Å². The van der Waals surface area contributed by atoms with Gasteiger partial charge in [0.1, 0.15) is 5.82 Å². The van der Waals surface area contributed by atoms with E-state index in [1.54, 1.807) is 0 Å². The fourth-order valence-corrected chi connectivity index (χ4v) is 4.86. The number of fused-ring (bicyclic) bond motifs is 1. The first kappa shape index (κ1) is 25.4. The molecule has 1 fully saturated rings. The van der Waals surface area contributed by atoms with Gasteiger partial charge in [-0.3, -0.25) is 0 Å². The topological polar surface area (TPSA) is 62.3 Å². The lowest BCUT2D eigenvalue weighted by atomic mass is 9.86. The summed E-state index contributed by atoms with van der Waals surface area (Å²) in [6, 6.07) is 19.1. The van der Waals surface area contributed by atoms with Crippen LogP contribution in [0.3, 0.4) is 0 Å². The van der Waals surface area contributed by atoms with Crippen molar-refractivity contribution < 1.29 is 4.74 Å². The molecule has 2 aromatic carbocycles. The summed E-state index contributed by atoms with van der Waals surface area (Å²) >= 11 is 0. The SMILES string of the molecule is CN(C)c1nc(N[C@H]2CC[C@@H](CNCCCCCOCc3ccccc3)CC2)nc2ccccc12. The summed E-state index contributed by atoms with van der Waals surface area (Å²) in [4.78, 5) is 11.6. The minimum atomic E-state index is 0.457. The van der Waals surface area contributed by atoms with Gasteiger partial charge in [0.05, 0.1) is 12.1 Å². The van der Waals surface area contributed by atoms with E-state index in [9.17, 15) is 0 Å². The number of hydrogen-bond acceptors (Lipinski definition) is 6. The molecule has 0 bridgehead atoms. The summed E-state index contributed by atoms with van der Waals surface area (Å²) in [7, 11) is 4.08. The zero-order valence-corrected chi connectivity index (χ0v) is 21.4. The van der Waals surface area contributed by atoms with Crippen LogP contribution in [-0.2, 0) is 11.3 Å². The van der Waals surface area contributed by atoms with Crippen molar-refractivity contribution in [2.45, 2.75) is 57.6 Å². The number of benzene rings is 2. The maximum atomic E-state index is 5.78. The number of hydrogen-bond donors (Lipinski definition) is 2. The first-order chi connectivity index (χ1) is 17.2. The smallest absolute Gasteiger partial charge is 0.225 e. The molecule has 0 saturated heterocycles. The van der Waals surface area contributed by atoms with Gasteiger partial charge >= 0.3 is 0 Å². The Labute approximate surface area is 210 Å². The van der Waals surface area contributed by atoms with Crippen LogP contribution in [0.5, 0.6) is 0 Å². The first-order valence-electron chi connectivity index (χ1n) is 13.2. The van der Waals surface area contributed by atoms with Crippen LogP contribution in [0.1, 0.15) is 50.5 Å². The van der Waals surface area contributed by atoms with Crippen LogP contribution in [-0.4, -0.2) is 49.8 Å². The molecule has 3 aromatic rings. The third-order valence-electron chi connectivity index (χ3n) is 6.87. The highest BCUT2D eigenvalue weighted by Crippen LogP contribution is 2.28. The molecule has 1 aliphatic rings. The Kier molecular flexibility index (Phi) is 9.73. The maximum absolute atomic E-state index is 5.78. The zero-order chi connectivity index (χ0) is 24.3. The van der Waals surface area contributed by atoms with Crippen LogP contribution in [0, 0.1) is 5.92 Å². The van der Waals surface area contributed by atoms with E-state index >= 15 is 0 Å². The van der Waals surface area contributed by atoms with E-state index in [0.717, 1.165) is 61.3 Å². The number of nitrogens with one attached hydrogen (secondary N) is 2. The largest absolute Gasteiger partial charge is 0.377 e. The fraction of sp³-hybridized carbons (Fsp3) is 0.517. The van der Waals surface area contributed by atoms with Gasteiger partial charge in [0.15, 0.2) is 0 Å². The Hall–Kier alpha value is -2.70. The van der Waals surface area contributed by atoms with Crippen molar-refractivity contribution >= 4 is 22.7 Å². The van der Waals surface area contributed by atoms with Crippen molar-refractivity contribution in [1.82, 2.24) is 15.3 Å². The molecule has 1 aliphatic carbocycles. The van der Waals surface area contributed by atoms with Gasteiger partial charge < -0.3 is 20.3 Å². The molecule has 188 valence electrons. The summed E-state index contributed by atoms with van der Waals surface area (Å²) in [5.41, 5.74) is 2.25. The van der Waals surface area contributed by atoms with E-state index in [1.807, 2.05) is 32.3 Å². The van der Waals surface area contributed by atoms with Crippen molar-refractivity contribution in [3.05, 3.63) is 60.2 Å². The van der Waals surface area contributed by atoms with Crippen molar-refractivity contribution in [2.75, 3.05) is 44.0 Å². The zero-order valence-electron chi connectivity index (χ0n) is 21.4. The molecule has 0 amide bonds. The molecule has 2 N–H and O–H groups in total. The molecular weight excluding hydrogens is 434 g/mol. The van der Waals surface area contributed by atoms with E-state index in [1.165, 1.54) is 44.1 Å². The van der Waals surface area contributed by atoms with Crippen molar-refractivity contribution in [3.63, 3.8) is 0 Å². The van der Waals surface area contributed by atoms with Crippen molar-refractivity contribution in [1.29, 1.82) is 0 Å². The predicted octanol–water partition coefficient (Wildman–Crippen LogP) is 5.64. The van der Waals surface area contributed by atoms with Gasteiger partial charge in [-0.2, -0.15) is 4.98 Å². The number of anilines is 2. The molecule has 1 saturated carbocycles. The average Bonchev–Trinajstić information content (AvgIpc) is 2.88. The lowest BCUT2D eigenvalue weighted by Crippen LogP contribution is -2.32. The molecule has 1 aromatic heterocycles. The van der Waals surface area contributed by atoms with Crippen molar-refractivity contribution in [3.8, 4) is 0 Å². The molecule has 6 nitrogen and oxygen atoms in total. The van der Waals surface area contributed by atoms with E-state index < -0.39 is 0 Å². The molecule has 0 aliphatic heterocycles. The summed E-state index contributed by atoms with van der Waals surface area (Å²) in [5.74, 6) is 2.50. The minimum absolute atomic E-state index is 0.457. The van der Waals surface area contributed by atoms with E-state index in [2.05, 4.69) is 51.9 Å². The van der Waals surface area contributed by atoms with Crippen molar-refractivity contribution in [2.24, 2.45) is 5.92 Å². The van der Waals surface area contributed by atoms with E-state index in [-0.39, 0.29) is 0 Å². The Morgan fingerprint density at radius 3 is 2.46 bits per heavy atom. The van der Waals surface area contributed by atoms with Gasteiger partial charge in [0.25, 0.3) is 0 Å². The molecule has 6 heteroatoms. The van der Waals surface area contributed by atoms with Crippen LogP contribution in [0.25, 0.3) is 10.9 Å². The monoisotopic (exact) mass is 475 g/mol. The summed E-state index contributed by atoms with van der Waals surface area (Å²) in [6.45, 7) is 3.81. The van der Waals surface area contributed by atoms with Gasteiger partial charge in [-0.25, -0.2) is 4.98 Å². The number of aromatic nitrogens is 2. The molecule has 35 heavy (non-hydrogen) atoms. The molecule has 4 rings (SSSR count). The number of nitrogens with zero attached hydrogens (tertiary/aromatic N) is 3. The minimum Gasteiger partial charge on any atom is -0.377 e. The third kappa shape index (κ3) is 7.91. The quantitative estimate of drug-likeness (QED) is 0.312. The van der Waals surface area contributed by atoms with Crippen LogP contribution < -0.4 is 15.5 Å². The van der Waals surface area contributed by atoms with Crippen LogP contribution in [0.2, 0.25) is 0 Å². The Balaban J connectivity index is 1.08. The lowest BCUT2D eigenvalue weighted by molar-refractivity contribution is 0.117. The molecule has 0 spiro atoms. The number of ether oxygens (including phenoxy) is 1. The first-order valence-corrected chi connectivity index (χ1v) is 13.2. The second-order valence-electron chi connectivity index (χ2n) is 9.95. The maximum Gasteiger partial charge on any atom is 0.225 e. The lowest BCUT2D eigenvalue weighted by Gasteiger charge is -2.29. The molecule has 0 unspecified atom stereocenters. The standard InChI is InChI=1S/C29H41N5O/c1-34(2)28-26-13-7-8-14-27(26)32-29(33-28)31-25-17-15-23(16-18-25)21-30-19-9-4-10-20-35-22-24-11-5-3-6-12-24/h3,5-8,11-14,23,25,30H,4,9-10,15-22H2,1-2H3,(H,31,32,33)/t23-,25+. The average molecular weight is 476 g/mol. The molecule has 0 radical (unpaired) electrons. The number of rotatable bonds is 13. The normalized spacial score (nSPS) is 18.0.